The van der Waals surface area contributed by atoms with Gasteiger partial charge in [0.2, 0.25) is 0 Å². The van der Waals surface area contributed by atoms with Crippen LogP contribution in [0.3, 0.4) is 0 Å². The first-order valence-corrected chi connectivity index (χ1v) is 7.46. The van der Waals surface area contributed by atoms with Crippen molar-refractivity contribution in [1.29, 1.82) is 0 Å². The van der Waals surface area contributed by atoms with Crippen LogP contribution in [0.2, 0.25) is 0 Å². The molecular formula is C16H15N5O2. The number of hydrogen-bond donors (Lipinski definition) is 1. The SMILES string of the molecule is Cc1occc1C(=O)Nc1cccc(-c2nnnn2C2CC2)c1. The van der Waals surface area contributed by atoms with E-state index in [0.717, 1.165) is 24.2 Å². The van der Waals surface area contributed by atoms with Crippen molar-refractivity contribution in [2.24, 2.45) is 0 Å². The molecule has 1 aliphatic rings. The molecule has 0 radical (unpaired) electrons. The smallest absolute Gasteiger partial charge is 0.259 e. The lowest BCUT2D eigenvalue weighted by atomic mass is 10.1. The van der Waals surface area contributed by atoms with Gasteiger partial charge in [0.05, 0.1) is 17.9 Å². The molecule has 1 amide bonds. The van der Waals surface area contributed by atoms with Gasteiger partial charge in [0.25, 0.3) is 5.91 Å². The van der Waals surface area contributed by atoms with Crippen LogP contribution in [-0.2, 0) is 0 Å². The van der Waals surface area contributed by atoms with E-state index in [1.54, 1.807) is 13.0 Å². The summed E-state index contributed by atoms with van der Waals surface area (Å²) < 4.78 is 7.01. The van der Waals surface area contributed by atoms with E-state index in [0.29, 0.717) is 23.1 Å². The van der Waals surface area contributed by atoms with Gasteiger partial charge in [-0.25, -0.2) is 4.68 Å². The van der Waals surface area contributed by atoms with E-state index < -0.39 is 0 Å². The molecule has 1 aliphatic carbocycles. The summed E-state index contributed by atoms with van der Waals surface area (Å²) in [6.45, 7) is 1.76. The Morgan fingerprint density at radius 2 is 2.22 bits per heavy atom. The maximum Gasteiger partial charge on any atom is 0.259 e. The van der Waals surface area contributed by atoms with E-state index >= 15 is 0 Å². The third kappa shape index (κ3) is 2.61. The van der Waals surface area contributed by atoms with Gasteiger partial charge in [0.1, 0.15) is 5.76 Å². The average molecular weight is 309 g/mol. The van der Waals surface area contributed by atoms with Gasteiger partial charge in [-0.3, -0.25) is 4.79 Å². The highest BCUT2D eigenvalue weighted by atomic mass is 16.3. The number of amides is 1. The van der Waals surface area contributed by atoms with Crippen molar-refractivity contribution < 1.29 is 9.21 Å². The monoisotopic (exact) mass is 309 g/mol. The number of hydrogen-bond acceptors (Lipinski definition) is 5. The first kappa shape index (κ1) is 13.7. The van der Waals surface area contributed by atoms with Gasteiger partial charge < -0.3 is 9.73 Å². The molecule has 0 aliphatic heterocycles. The fraction of sp³-hybridized carbons (Fsp3) is 0.250. The third-order valence-corrected chi connectivity index (χ3v) is 3.87. The molecule has 23 heavy (non-hydrogen) atoms. The fourth-order valence-corrected chi connectivity index (χ4v) is 2.50. The molecular weight excluding hydrogens is 294 g/mol. The van der Waals surface area contributed by atoms with E-state index in [1.807, 2.05) is 28.9 Å². The van der Waals surface area contributed by atoms with E-state index in [4.69, 9.17) is 4.42 Å². The summed E-state index contributed by atoms with van der Waals surface area (Å²) in [7, 11) is 0. The quantitative estimate of drug-likeness (QED) is 0.801. The average Bonchev–Trinajstić information content (AvgIpc) is 3.11. The Morgan fingerprint density at radius 1 is 1.35 bits per heavy atom. The second-order valence-electron chi connectivity index (χ2n) is 5.60. The molecule has 4 rings (SSSR count). The normalized spacial score (nSPS) is 14.0. The largest absolute Gasteiger partial charge is 0.469 e. The number of carbonyl (C=O) groups is 1. The molecule has 1 saturated carbocycles. The highest BCUT2D eigenvalue weighted by Gasteiger charge is 2.28. The molecule has 0 unspecified atom stereocenters. The predicted octanol–water partition coefficient (Wildman–Crippen LogP) is 2.83. The van der Waals surface area contributed by atoms with Crippen LogP contribution in [0.15, 0.2) is 41.0 Å². The molecule has 1 fully saturated rings. The Kier molecular flexibility index (Phi) is 3.18. The molecule has 7 heteroatoms. The highest BCUT2D eigenvalue weighted by molar-refractivity contribution is 6.05. The summed E-state index contributed by atoms with van der Waals surface area (Å²) in [5, 5.41) is 14.8. The van der Waals surface area contributed by atoms with Crippen LogP contribution in [-0.4, -0.2) is 26.1 Å². The van der Waals surface area contributed by atoms with Gasteiger partial charge in [-0.05, 0) is 48.4 Å². The number of furan rings is 1. The second kappa shape index (κ2) is 5.35. The Bertz CT molecular complexity index is 863. The van der Waals surface area contributed by atoms with E-state index in [-0.39, 0.29) is 5.91 Å². The topological polar surface area (TPSA) is 85.8 Å². The fourth-order valence-electron chi connectivity index (χ4n) is 2.50. The maximum absolute atomic E-state index is 12.3. The van der Waals surface area contributed by atoms with Crippen LogP contribution < -0.4 is 5.32 Å². The molecule has 2 heterocycles. The minimum Gasteiger partial charge on any atom is -0.469 e. The minimum absolute atomic E-state index is 0.199. The molecule has 7 nitrogen and oxygen atoms in total. The number of benzene rings is 1. The molecule has 3 aromatic rings. The van der Waals surface area contributed by atoms with Crippen molar-refractivity contribution >= 4 is 11.6 Å². The van der Waals surface area contributed by atoms with Gasteiger partial charge in [-0.15, -0.1) is 5.10 Å². The Morgan fingerprint density at radius 3 is 2.96 bits per heavy atom. The Hall–Kier alpha value is -2.96. The van der Waals surface area contributed by atoms with Crippen molar-refractivity contribution in [3.63, 3.8) is 0 Å². The zero-order valence-electron chi connectivity index (χ0n) is 12.6. The zero-order chi connectivity index (χ0) is 15.8. The van der Waals surface area contributed by atoms with Crippen LogP contribution in [0.4, 0.5) is 5.69 Å². The molecule has 0 bridgehead atoms. The zero-order valence-corrected chi connectivity index (χ0v) is 12.6. The molecule has 0 spiro atoms. The Balaban J connectivity index is 1.60. The number of aromatic nitrogens is 4. The van der Waals surface area contributed by atoms with Crippen LogP contribution in [0.5, 0.6) is 0 Å². The molecule has 0 atom stereocenters. The standard InChI is InChI=1S/C16H15N5O2/c1-10-14(7-8-23-10)16(22)17-12-4-2-3-11(9-12)15-18-19-20-21(15)13-5-6-13/h2-4,7-9,13H,5-6H2,1H3,(H,17,22). The van der Waals surface area contributed by atoms with Gasteiger partial charge in [-0.1, -0.05) is 12.1 Å². The summed E-state index contributed by atoms with van der Waals surface area (Å²) in [5.74, 6) is 1.12. The second-order valence-corrected chi connectivity index (χ2v) is 5.60. The number of carbonyl (C=O) groups excluding carboxylic acids is 1. The van der Waals surface area contributed by atoms with Crippen molar-refractivity contribution in [1.82, 2.24) is 20.2 Å². The highest BCUT2D eigenvalue weighted by Crippen LogP contribution is 2.36. The van der Waals surface area contributed by atoms with Gasteiger partial charge >= 0.3 is 0 Å². The first-order chi connectivity index (χ1) is 11.2. The van der Waals surface area contributed by atoms with E-state index in [9.17, 15) is 4.79 Å². The summed E-state index contributed by atoms with van der Waals surface area (Å²) in [4.78, 5) is 12.3. The third-order valence-electron chi connectivity index (χ3n) is 3.87. The van der Waals surface area contributed by atoms with E-state index in [1.165, 1.54) is 6.26 Å². The molecule has 1 aromatic carbocycles. The lowest BCUT2D eigenvalue weighted by Crippen LogP contribution is -2.12. The first-order valence-electron chi connectivity index (χ1n) is 7.46. The number of rotatable bonds is 4. The maximum atomic E-state index is 12.3. The number of nitrogens with one attached hydrogen (secondary N) is 1. The van der Waals surface area contributed by atoms with Crippen LogP contribution in [0.1, 0.15) is 35.0 Å². The minimum atomic E-state index is -0.199. The van der Waals surface area contributed by atoms with Gasteiger partial charge in [0, 0.05) is 11.3 Å². The number of aryl methyl sites for hydroxylation is 1. The van der Waals surface area contributed by atoms with E-state index in [2.05, 4.69) is 20.8 Å². The van der Waals surface area contributed by atoms with Gasteiger partial charge in [0.15, 0.2) is 5.82 Å². The predicted molar refractivity (Wildman–Crippen MR) is 82.9 cm³/mol. The lowest BCUT2D eigenvalue weighted by molar-refractivity contribution is 0.102. The van der Waals surface area contributed by atoms with Gasteiger partial charge in [-0.2, -0.15) is 0 Å². The molecule has 116 valence electrons. The summed E-state index contributed by atoms with van der Waals surface area (Å²) in [5.41, 5.74) is 2.10. The summed E-state index contributed by atoms with van der Waals surface area (Å²) in [6, 6.07) is 9.57. The van der Waals surface area contributed by atoms with Crippen molar-refractivity contribution in [3.8, 4) is 11.4 Å². The van der Waals surface area contributed by atoms with Crippen LogP contribution in [0.25, 0.3) is 11.4 Å². The number of tetrazole rings is 1. The molecule has 1 N–H and O–H groups in total. The summed E-state index contributed by atoms with van der Waals surface area (Å²) >= 11 is 0. The van der Waals surface area contributed by atoms with Crippen molar-refractivity contribution in [2.75, 3.05) is 5.32 Å². The molecule has 0 saturated heterocycles. The van der Waals surface area contributed by atoms with Crippen molar-refractivity contribution in [3.05, 3.63) is 47.9 Å². The lowest BCUT2D eigenvalue weighted by Gasteiger charge is -2.07. The number of anilines is 1. The van der Waals surface area contributed by atoms with Crippen molar-refractivity contribution in [2.45, 2.75) is 25.8 Å². The Labute approximate surface area is 132 Å². The van der Waals surface area contributed by atoms with Crippen LogP contribution >= 0.6 is 0 Å². The van der Waals surface area contributed by atoms with Crippen LogP contribution in [0, 0.1) is 6.92 Å². The summed E-state index contributed by atoms with van der Waals surface area (Å²) in [6.07, 6.45) is 3.72. The number of nitrogens with zero attached hydrogens (tertiary/aromatic N) is 4. The molecule has 2 aromatic heterocycles.